The predicted molar refractivity (Wildman–Crippen MR) is 90.8 cm³/mol. The third kappa shape index (κ3) is 5.37. The summed E-state index contributed by atoms with van der Waals surface area (Å²) >= 11 is 0. The molecule has 0 radical (unpaired) electrons. The van der Waals surface area contributed by atoms with Crippen LogP contribution in [0.4, 0.5) is 5.95 Å². The Balaban J connectivity index is 1.73. The van der Waals surface area contributed by atoms with E-state index in [1.54, 1.807) is 19.4 Å². The molecule has 2 heterocycles. The molecule has 0 aliphatic carbocycles. The van der Waals surface area contributed by atoms with E-state index in [-0.39, 0.29) is 5.91 Å². The highest BCUT2D eigenvalue weighted by Crippen LogP contribution is 2.15. The summed E-state index contributed by atoms with van der Waals surface area (Å²) in [5.74, 6) is 1.53. The van der Waals surface area contributed by atoms with Crippen molar-refractivity contribution < 1.29 is 9.53 Å². The molecular weight excluding hydrogens is 292 g/mol. The third-order valence-corrected chi connectivity index (χ3v) is 4.24. The smallest absolute Gasteiger partial charge is 0.228 e. The van der Waals surface area contributed by atoms with Crippen molar-refractivity contribution in [1.82, 2.24) is 14.9 Å². The van der Waals surface area contributed by atoms with Gasteiger partial charge in [0, 0.05) is 44.9 Å². The van der Waals surface area contributed by atoms with E-state index in [0.29, 0.717) is 18.2 Å². The maximum absolute atomic E-state index is 12.2. The molecule has 0 N–H and O–H groups in total. The molecule has 1 aromatic rings. The summed E-state index contributed by atoms with van der Waals surface area (Å²) in [5, 5.41) is 0. The Morgan fingerprint density at radius 3 is 2.61 bits per heavy atom. The van der Waals surface area contributed by atoms with E-state index in [1.165, 1.54) is 19.3 Å². The number of carbonyl (C=O) groups excluding carboxylic acids is 1. The lowest BCUT2D eigenvalue weighted by molar-refractivity contribution is -0.131. The van der Waals surface area contributed by atoms with Gasteiger partial charge >= 0.3 is 0 Å². The molecular formula is C17H28N4O2. The van der Waals surface area contributed by atoms with E-state index in [2.05, 4.69) is 21.8 Å². The molecule has 6 heteroatoms. The van der Waals surface area contributed by atoms with Gasteiger partial charge < -0.3 is 14.5 Å². The Kier molecular flexibility index (Phi) is 7.10. The van der Waals surface area contributed by atoms with E-state index in [0.717, 1.165) is 39.0 Å². The molecule has 23 heavy (non-hydrogen) atoms. The van der Waals surface area contributed by atoms with E-state index in [9.17, 15) is 4.79 Å². The lowest BCUT2D eigenvalue weighted by Crippen LogP contribution is -2.49. The van der Waals surface area contributed by atoms with Crippen molar-refractivity contribution in [2.75, 3.05) is 38.2 Å². The van der Waals surface area contributed by atoms with Crippen LogP contribution in [0.3, 0.4) is 0 Å². The highest BCUT2D eigenvalue weighted by Gasteiger charge is 2.22. The van der Waals surface area contributed by atoms with Gasteiger partial charge in [0.05, 0.1) is 7.11 Å². The van der Waals surface area contributed by atoms with Crippen LogP contribution in [0.5, 0.6) is 5.88 Å². The first-order valence-corrected chi connectivity index (χ1v) is 8.64. The molecule has 1 fully saturated rings. The van der Waals surface area contributed by atoms with Crippen LogP contribution in [0.1, 0.15) is 45.4 Å². The number of anilines is 1. The number of nitrogens with zero attached hydrogens (tertiary/aromatic N) is 4. The zero-order valence-corrected chi connectivity index (χ0v) is 14.3. The van der Waals surface area contributed by atoms with Gasteiger partial charge in [-0.3, -0.25) is 4.79 Å². The number of aromatic nitrogens is 2. The van der Waals surface area contributed by atoms with Crippen molar-refractivity contribution in [3.63, 3.8) is 0 Å². The lowest BCUT2D eigenvalue weighted by atomic mass is 10.1. The van der Waals surface area contributed by atoms with Gasteiger partial charge in [0.25, 0.3) is 0 Å². The SMILES string of the molecule is CCCCCCCC(=O)N1CCN(c2nccc(OC)n2)CC1. The van der Waals surface area contributed by atoms with Crippen LogP contribution in [0.2, 0.25) is 0 Å². The number of unbranched alkanes of at least 4 members (excludes halogenated alkanes) is 4. The zero-order valence-electron chi connectivity index (χ0n) is 14.3. The average Bonchev–Trinajstić information content (AvgIpc) is 2.61. The van der Waals surface area contributed by atoms with Gasteiger partial charge in [-0.25, -0.2) is 4.98 Å². The third-order valence-electron chi connectivity index (χ3n) is 4.24. The molecule has 1 amide bonds. The molecule has 0 saturated carbocycles. The second kappa shape index (κ2) is 9.33. The van der Waals surface area contributed by atoms with Crippen LogP contribution in [0.15, 0.2) is 12.3 Å². The molecule has 0 atom stereocenters. The summed E-state index contributed by atoms with van der Waals surface area (Å²) in [6.45, 7) is 5.24. The zero-order chi connectivity index (χ0) is 16.5. The van der Waals surface area contributed by atoms with Crippen LogP contribution in [-0.4, -0.2) is 54.1 Å². The molecule has 128 valence electrons. The van der Waals surface area contributed by atoms with Crippen molar-refractivity contribution in [2.45, 2.75) is 45.4 Å². The fourth-order valence-corrected chi connectivity index (χ4v) is 2.79. The predicted octanol–water partition coefficient (Wildman–Crippen LogP) is 2.49. The normalized spacial score (nSPS) is 14.9. The molecule has 0 aromatic carbocycles. The Morgan fingerprint density at radius 1 is 1.17 bits per heavy atom. The second-order valence-electron chi connectivity index (χ2n) is 5.93. The van der Waals surface area contributed by atoms with Crippen LogP contribution >= 0.6 is 0 Å². The minimum Gasteiger partial charge on any atom is -0.481 e. The number of methoxy groups -OCH3 is 1. The van der Waals surface area contributed by atoms with Crippen molar-refractivity contribution in [2.24, 2.45) is 0 Å². The summed E-state index contributed by atoms with van der Waals surface area (Å²) in [6.07, 6.45) is 8.31. The van der Waals surface area contributed by atoms with E-state index in [4.69, 9.17) is 4.74 Å². The molecule has 1 aromatic heterocycles. The number of ether oxygens (including phenoxy) is 1. The maximum Gasteiger partial charge on any atom is 0.228 e. The Hall–Kier alpha value is -1.85. The molecule has 2 rings (SSSR count). The number of rotatable bonds is 8. The van der Waals surface area contributed by atoms with Crippen LogP contribution in [0.25, 0.3) is 0 Å². The molecule has 0 bridgehead atoms. The first kappa shape index (κ1) is 17.5. The van der Waals surface area contributed by atoms with E-state index < -0.39 is 0 Å². The molecule has 1 aliphatic heterocycles. The Bertz CT molecular complexity index is 487. The van der Waals surface area contributed by atoms with Gasteiger partial charge in [0.2, 0.25) is 17.7 Å². The average molecular weight is 320 g/mol. The maximum atomic E-state index is 12.2. The van der Waals surface area contributed by atoms with Gasteiger partial charge in [0.15, 0.2) is 0 Å². The fraction of sp³-hybridized carbons (Fsp3) is 0.706. The van der Waals surface area contributed by atoms with Gasteiger partial charge in [-0.1, -0.05) is 32.6 Å². The summed E-state index contributed by atoms with van der Waals surface area (Å²) in [5.41, 5.74) is 0. The van der Waals surface area contributed by atoms with Crippen molar-refractivity contribution in [3.05, 3.63) is 12.3 Å². The number of hydrogen-bond acceptors (Lipinski definition) is 5. The van der Waals surface area contributed by atoms with Crippen molar-refractivity contribution in [3.8, 4) is 5.88 Å². The minimum atomic E-state index is 0.285. The van der Waals surface area contributed by atoms with Gasteiger partial charge in [-0.05, 0) is 6.42 Å². The van der Waals surface area contributed by atoms with Crippen molar-refractivity contribution in [1.29, 1.82) is 0 Å². The fourth-order valence-electron chi connectivity index (χ4n) is 2.79. The number of hydrogen-bond donors (Lipinski definition) is 0. The van der Waals surface area contributed by atoms with E-state index >= 15 is 0 Å². The first-order chi connectivity index (χ1) is 11.2. The highest BCUT2D eigenvalue weighted by molar-refractivity contribution is 5.76. The van der Waals surface area contributed by atoms with Crippen molar-refractivity contribution >= 4 is 11.9 Å². The topological polar surface area (TPSA) is 58.6 Å². The largest absolute Gasteiger partial charge is 0.481 e. The second-order valence-corrected chi connectivity index (χ2v) is 5.93. The molecule has 1 aliphatic rings. The number of carbonyl (C=O) groups is 1. The summed E-state index contributed by atoms with van der Waals surface area (Å²) < 4.78 is 5.13. The minimum absolute atomic E-state index is 0.285. The van der Waals surface area contributed by atoms with E-state index in [1.807, 2.05) is 4.90 Å². The van der Waals surface area contributed by atoms with Crippen LogP contribution in [-0.2, 0) is 4.79 Å². The lowest BCUT2D eigenvalue weighted by Gasteiger charge is -2.34. The number of amides is 1. The Morgan fingerprint density at radius 2 is 1.91 bits per heavy atom. The van der Waals surface area contributed by atoms with Gasteiger partial charge in [-0.15, -0.1) is 0 Å². The summed E-state index contributed by atoms with van der Waals surface area (Å²) in [6, 6.07) is 1.74. The quantitative estimate of drug-likeness (QED) is 0.689. The van der Waals surface area contributed by atoms with Crippen LogP contribution < -0.4 is 9.64 Å². The monoisotopic (exact) mass is 320 g/mol. The summed E-state index contributed by atoms with van der Waals surface area (Å²) in [4.78, 5) is 24.9. The first-order valence-electron chi connectivity index (χ1n) is 8.64. The van der Waals surface area contributed by atoms with Gasteiger partial charge in [-0.2, -0.15) is 4.98 Å². The standard InChI is InChI=1S/C17H28N4O2/c1-3-4-5-6-7-8-16(22)20-11-13-21(14-12-20)17-18-10-9-15(19-17)23-2/h9-10H,3-8,11-14H2,1-2H3. The highest BCUT2D eigenvalue weighted by atomic mass is 16.5. The molecule has 0 unspecified atom stereocenters. The molecule has 0 spiro atoms. The molecule has 1 saturated heterocycles. The van der Waals surface area contributed by atoms with Gasteiger partial charge in [0.1, 0.15) is 0 Å². The molecule has 6 nitrogen and oxygen atoms in total. The van der Waals surface area contributed by atoms with Crippen LogP contribution in [0, 0.1) is 0 Å². The summed E-state index contributed by atoms with van der Waals surface area (Å²) in [7, 11) is 1.60. The Labute approximate surface area is 138 Å². The number of piperazine rings is 1.